The van der Waals surface area contributed by atoms with Gasteiger partial charge in [-0.25, -0.2) is 0 Å². The van der Waals surface area contributed by atoms with Crippen LogP contribution in [0.1, 0.15) is 19.3 Å². The quantitative estimate of drug-likeness (QED) is 0.551. The first kappa shape index (κ1) is 10.2. The van der Waals surface area contributed by atoms with E-state index in [-0.39, 0.29) is 6.61 Å². The highest BCUT2D eigenvalue weighted by molar-refractivity contribution is 5.93. The van der Waals surface area contributed by atoms with Crippen LogP contribution < -0.4 is 5.73 Å². The van der Waals surface area contributed by atoms with Gasteiger partial charge in [-0.3, -0.25) is 4.79 Å². The Bertz CT molecular complexity index is 235. The molecule has 0 spiro atoms. The minimum atomic E-state index is -0.824. The summed E-state index contributed by atoms with van der Waals surface area (Å²) in [4.78, 5) is 10.9. The van der Waals surface area contributed by atoms with Gasteiger partial charge in [-0.1, -0.05) is 0 Å². The Morgan fingerprint density at radius 1 is 1.62 bits per heavy atom. The van der Waals surface area contributed by atoms with Gasteiger partial charge in [0, 0.05) is 18.6 Å². The third-order valence-electron chi connectivity index (χ3n) is 2.24. The van der Waals surface area contributed by atoms with Crippen LogP contribution >= 0.6 is 0 Å². The molecule has 0 fully saturated rings. The lowest BCUT2D eigenvalue weighted by atomic mass is 10.0. The van der Waals surface area contributed by atoms with Crippen molar-refractivity contribution < 1.29 is 15.0 Å². The van der Waals surface area contributed by atoms with Gasteiger partial charge in [0.15, 0.2) is 0 Å². The average molecular weight is 184 g/mol. The number of hydrogen-bond donors (Lipinski definition) is 3. The van der Waals surface area contributed by atoms with Crippen LogP contribution in [0.15, 0.2) is 11.1 Å². The van der Waals surface area contributed by atoms with Gasteiger partial charge in [0.2, 0.25) is 5.91 Å². The van der Waals surface area contributed by atoms with Crippen LogP contribution in [0.25, 0.3) is 0 Å². The normalized spacial score (nSPS) is 19.2. The van der Waals surface area contributed by atoms with Gasteiger partial charge in [0.05, 0.1) is 6.10 Å². The molecule has 1 atom stereocenters. The van der Waals surface area contributed by atoms with Gasteiger partial charge in [-0.15, -0.1) is 0 Å². The molecule has 4 N–H and O–H groups in total. The Morgan fingerprint density at radius 3 is 2.85 bits per heavy atom. The molecular weight excluding hydrogens is 170 g/mol. The molecule has 0 heterocycles. The number of aliphatic hydroxyl groups is 2. The van der Waals surface area contributed by atoms with Crippen molar-refractivity contribution in [3.63, 3.8) is 0 Å². The number of carbonyl (C=O) groups excluding carboxylic acids is 1. The van der Waals surface area contributed by atoms with Crippen molar-refractivity contribution in [3.8, 4) is 0 Å². The number of aliphatic hydroxyl groups excluding tert-OH is 2. The van der Waals surface area contributed by atoms with E-state index in [2.05, 4.69) is 0 Å². The molecule has 1 radical (unpaired) electrons. The molecule has 1 rings (SSSR count). The zero-order valence-corrected chi connectivity index (χ0v) is 7.36. The van der Waals surface area contributed by atoms with Crippen LogP contribution in [0.2, 0.25) is 0 Å². The second-order valence-corrected chi connectivity index (χ2v) is 3.08. The lowest BCUT2D eigenvalue weighted by Gasteiger charge is -2.11. The Hall–Kier alpha value is -0.870. The largest absolute Gasteiger partial charge is 0.396 e. The van der Waals surface area contributed by atoms with Crippen molar-refractivity contribution in [1.29, 1.82) is 0 Å². The molecule has 1 unspecified atom stereocenters. The summed E-state index contributed by atoms with van der Waals surface area (Å²) in [5, 5.41) is 18.1. The molecule has 0 bridgehead atoms. The van der Waals surface area contributed by atoms with E-state index in [1.165, 1.54) is 6.42 Å². The molecule has 0 aromatic carbocycles. The number of amides is 1. The van der Waals surface area contributed by atoms with Crippen LogP contribution in [0.4, 0.5) is 0 Å². The summed E-state index contributed by atoms with van der Waals surface area (Å²) in [6.45, 7) is -0.198. The summed E-state index contributed by atoms with van der Waals surface area (Å²) >= 11 is 0. The van der Waals surface area contributed by atoms with Crippen molar-refractivity contribution in [2.24, 2.45) is 5.73 Å². The summed E-state index contributed by atoms with van der Waals surface area (Å²) < 4.78 is 0. The number of carbonyl (C=O) groups is 1. The van der Waals surface area contributed by atoms with Crippen molar-refractivity contribution >= 4 is 5.91 Å². The number of primary amides is 1. The van der Waals surface area contributed by atoms with Gasteiger partial charge < -0.3 is 15.9 Å². The molecule has 0 aromatic heterocycles. The molecule has 1 aliphatic rings. The second-order valence-electron chi connectivity index (χ2n) is 3.08. The van der Waals surface area contributed by atoms with Crippen molar-refractivity contribution in [2.75, 3.05) is 6.61 Å². The lowest BCUT2D eigenvalue weighted by molar-refractivity contribution is -0.114. The maximum Gasteiger partial charge on any atom is 0.244 e. The SMILES string of the molecule is NC(=O)C1=C(C(O)[CH]CO)CCC1. The molecule has 0 saturated heterocycles. The Morgan fingerprint density at radius 2 is 2.31 bits per heavy atom. The summed E-state index contributed by atoms with van der Waals surface area (Å²) in [6, 6.07) is 0. The predicted molar refractivity (Wildman–Crippen MR) is 47.5 cm³/mol. The van der Waals surface area contributed by atoms with Crippen LogP contribution in [-0.4, -0.2) is 28.8 Å². The van der Waals surface area contributed by atoms with E-state index < -0.39 is 12.0 Å². The van der Waals surface area contributed by atoms with E-state index in [0.717, 1.165) is 6.42 Å². The molecule has 73 valence electrons. The fourth-order valence-corrected chi connectivity index (χ4v) is 1.62. The van der Waals surface area contributed by atoms with E-state index in [4.69, 9.17) is 10.8 Å². The first-order chi connectivity index (χ1) is 6.16. The molecule has 1 aliphatic carbocycles. The third-order valence-corrected chi connectivity index (χ3v) is 2.24. The van der Waals surface area contributed by atoms with Crippen LogP contribution in [0.3, 0.4) is 0 Å². The maximum atomic E-state index is 10.9. The standard InChI is InChI=1S/C9H14NO3/c10-9(13)7-3-1-2-6(7)8(12)4-5-11/h4,8,11-12H,1-3,5H2,(H2,10,13). The number of rotatable bonds is 4. The highest BCUT2D eigenvalue weighted by atomic mass is 16.3. The minimum Gasteiger partial charge on any atom is -0.396 e. The Labute approximate surface area is 77.1 Å². The number of nitrogens with two attached hydrogens (primary N) is 1. The molecule has 4 heteroatoms. The van der Waals surface area contributed by atoms with Crippen LogP contribution in [-0.2, 0) is 4.79 Å². The molecule has 0 aliphatic heterocycles. The summed E-state index contributed by atoms with van der Waals surface area (Å²) in [5.41, 5.74) is 6.33. The van der Waals surface area contributed by atoms with Gasteiger partial charge in [-0.2, -0.15) is 0 Å². The molecule has 4 nitrogen and oxygen atoms in total. The number of hydrogen-bond acceptors (Lipinski definition) is 3. The highest BCUT2D eigenvalue weighted by Crippen LogP contribution is 2.28. The van der Waals surface area contributed by atoms with Gasteiger partial charge in [-0.05, 0) is 24.8 Å². The first-order valence-corrected chi connectivity index (χ1v) is 4.30. The topological polar surface area (TPSA) is 83.6 Å². The zero-order chi connectivity index (χ0) is 9.84. The van der Waals surface area contributed by atoms with Crippen LogP contribution in [0.5, 0.6) is 0 Å². The Balaban J connectivity index is 2.74. The van der Waals surface area contributed by atoms with E-state index in [1.807, 2.05) is 0 Å². The third kappa shape index (κ3) is 2.29. The maximum absolute atomic E-state index is 10.9. The fraction of sp³-hybridized carbons (Fsp3) is 0.556. The van der Waals surface area contributed by atoms with E-state index in [1.54, 1.807) is 0 Å². The smallest absolute Gasteiger partial charge is 0.244 e. The van der Waals surface area contributed by atoms with Gasteiger partial charge in [0.1, 0.15) is 0 Å². The molecule has 0 saturated carbocycles. The monoisotopic (exact) mass is 184 g/mol. The minimum absolute atomic E-state index is 0.198. The highest BCUT2D eigenvalue weighted by Gasteiger charge is 2.23. The second kappa shape index (κ2) is 4.39. The fourth-order valence-electron chi connectivity index (χ4n) is 1.62. The summed E-state index contributed by atoms with van der Waals surface area (Å²) in [6.07, 6.45) is 2.71. The van der Waals surface area contributed by atoms with E-state index in [0.29, 0.717) is 24.0 Å². The van der Waals surface area contributed by atoms with Crippen molar-refractivity contribution in [2.45, 2.75) is 25.4 Å². The summed E-state index contributed by atoms with van der Waals surface area (Å²) in [7, 11) is 0. The van der Waals surface area contributed by atoms with E-state index >= 15 is 0 Å². The van der Waals surface area contributed by atoms with Gasteiger partial charge >= 0.3 is 0 Å². The zero-order valence-electron chi connectivity index (χ0n) is 7.36. The van der Waals surface area contributed by atoms with Crippen molar-refractivity contribution in [1.82, 2.24) is 0 Å². The van der Waals surface area contributed by atoms with Crippen LogP contribution in [0, 0.1) is 6.42 Å². The van der Waals surface area contributed by atoms with Gasteiger partial charge in [0.25, 0.3) is 0 Å². The first-order valence-electron chi connectivity index (χ1n) is 4.30. The molecule has 0 aromatic rings. The predicted octanol–water partition coefficient (Wildman–Crippen LogP) is -0.490. The Kier molecular flexibility index (Phi) is 3.45. The van der Waals surface area contributed by atoms with Crippen molar-refractivity contribution in [3.05, 3.63) is 17.6 Å². The molecular formula is C9H14NO3. The van der Waals surface area contributed by atoms with E-state index in [9.17, 15) is 9.90 Å². The lowest BCUT2D eigenvalue weighted by Crippen LogP contribution is -2.19. The molecule has 1 amide bonds. The average Bonchev–Trinajstić information content (AvgIpc) is 2.52. The molecule has 13 heavy (non-hydrogen) atoms. The summed E-state index contributed by atoms with van der Waals surface area (Å²) in [5.74, 6) is -0.460.